The minimum Gasteiger partial charge on any atom is -0.493 e. The Morgan fingerprint density at radius 3 is 2.33 bits per heavy atom. The molecule has 1 aliphatic rings. The van der Waals surface area contributed by atoms with Crippen LogP contribution in [0.15, 0.2) is 24.3 Å². The summed E-state index contributed by atoms with van der Waals surface area (Å²) in [5.41, 5.74) is 1.39. The summed E-state index contributed by atoms with van der Waals surface area (Å²) in [4.78, 5) is 12.2. The van der Waals surface area contributed by atoms with Crippen LogP contribution in [0, 0.1) is 0 Å². The Balaban J connectivity index is 1.67. The van der Waals surface area contributed by atoms with E-state index >= 15 is 0 Å². The molecular formula is C19H19ClO7. The van der Waals surface area contributed by atoms with Gasteiger partial charge < -0.3 is 28.4 Å². The molecule has 0 spiro atoms. The van der Waals surface area contributed by atoms with Crippen molar-refractivity contribution in [1.82, 2.24) is 0 Å². The number of fused-ring (bicyclic) bond motifs is 1. The van der Waals surface area contributed by atoms with Gasteiger partial charge in [-0.25, -0.2) is 0 Å². The lowest BCUT2D eigenvalue weighted by atomic mass is 10.1. The van der Waals surface area contributed by atoms with Crippen molar-refractivity contribution < 1.29 is 33.2 Å². The summed E-state index contributed by atoms with van der Waals surface area (Å²) in [6, 6.07) is 6.84. The first-order chi connectivity index (χ1) is 13.0. The van der Waals surface area contributed by atoms with Crippen LogP contribution in [0.2, 0.25) is 5.02 Å². The maximum Gasteiger partial charge on any atom is 0.310 e. The Hall–Kier alpha value is -2.80. The maximum atomic E-state index is 12.2. The van der Waals surface area contributed by atoms with Gasteiger partial charge in [-0.05, 0) is 35.4 Å². The van der Waals surface area contributed by atoms with Crippen LogP contribution in [0.1, 0.15) is 11.1 Å². The lowest BCUT2D eigenvalue weighted by molar-refractivity contribution is -0.144. The maximum absolute atomic E-state index is 12.2. The Labute approximate surface area is 161 Å². The van der Waals surface area contributed by atoms with Gasteiger partial charge in [0.05, 0.1) is 32.8 Å². The second kappa shape index (κ2) is 8.26. The average molecular weight is 395 g/mol. The van der Waals surface area contributed by atoms with E-state index in [4.69, 9.17) is 40.0 Å². The molecule has 0 bridgehead atoms. The number of carbonyl (C=O) groups excluding carboxylic acids is 1. The van der Waals surface area contributed by atoms with Crippen LogP contribution in [-0.2, 0) is 22.6 Å². The smallest absolute Gasteiger partial charge is 0.310 e. The van der Waals surface area contributed by atoms with Crippen LogP contribution in [0.5, 0.6) is 28.7 Å². The van der Waals surface area contributed by atoms with Gasteiger partial charge in [0.15, 0.2) is 23.0 Å². The van der Waals surface area contributed by atoms with Gasteiger partial charge >= 0.3 is 5.97 Å². The number of esters is 1. The molecule has 0 radical (unpaired) electrons. The molecule has 0 unspecified atom stereocenters. The lowest BCUT2D eigenvalue weighted by Gasteiger charge is -2.14. The molecule has 3 rings (SSSR count). The standard InChI is InChI=1S/C19H19ClO7/c1-22-14-5-11(6-15(23-2)19(14)24-3)8-17(21)25-9-12-4-13(20)18-16(7-12)26-10-27-18/h4-7H,8-10H2,1-3H3. The highest BCUT2D eigenvalue weighted by molar-refractivity contribution is 6.32. The van der Waals surface area contributed by atoms with E-state index in [1.54, 1.807) is 24.3 Å². The number of carbonyl (C=O) groups is 1. The van der Waals surface area contributed by atoms with Gasteiger partial charge in [-0.15, -0.1) is 0 Å². The molecule has 8 heteroatoms. The van der Waals surface area contributed by atoms with E-state index in [9.17, 15) is 4.79 Å². The summed E-state index contributed by atoms with van der Waals surface area (Å²) >= 11 is 6.13. The fourth-order valence-electron chi connectivity index (χ4n) is 2.72. The van der Waals surface area contributed by atoms with Crippen LogP contribution in [-0.4, -0.2) is 34.1 Å². The van der Waals surface area contributed by atoms with Gasteiger partial charge in [-0.2, -0.15) is 0 Å². The largest absolute Gasteiger partial charge is 0.493 e. The van der Waals surface area contributed by atoms with E-state index in [0.29, 0.717) is 44.9 Å². The van der Waals surface area contributed by atoms with Gasteiger partial charge in [0.2, 0.25) is 12.5 Å². The topological polar surface area (TPSA) is 72.5 Å². The molecule has 1 aliphatic heterocycles. The quantitative estimate of drug-likeness (QED) is 0.666. The number of hydrogen-bond acceptors (Lipinski definition) is 7. The monoisotopic (exact) mass is 394 g/mol. The molecule has 0 aliphatic carbocycles. The molecular weight excluding hydrogens is 376 g/mol. The van der Waals surface area contributed by atoms with Crippen LogP contribution in [0.4, 0.5) is 0 Å². The molecule has 2 aromatic carbocycles. The second-order valence-electron chi connectivity index (χ2n) is 5.68. The highest BCUT2D eigenvalue weighted by Crippen LogP contribution is 2.40. The van der Waals surface area contributed by atoms with E-state index < -0.39 is 5.97 Å². The van der Waals surface area contributed by atoms with Crippen molar-refractivity contribution in [2.24, 2.45) is 0 Å². The van der Waals surface area contributed by atoms with Crippen molar-refractivity contribution in [3.05, 3.63) is 40.4 Å². The first kappa shape index (κ1) is 19.0. The van der Waals surface area contributed by atoms with Crippen LogP contribution < -0.4 is 23.7 Å². The van der Waals surface area contributed by atoms with E-state index in [0.717, 1.165) is 0 Å². The fourth-order valence-corrected chi connectivity index (χ4v) is 3.01. The average Bonchev–Trinajstić information content (AvgIpc) is 3.14. The van der Waals surface area contributed by atoms with Gasteiger partial charge in [0.25, 0.3) is 0 Å². The van der Waals surface area contributed by atoms with Gasteiger partial charge in [-0.1, -0.05) is 11.6 Å². The normalized spacial score (nSPS) is 11.9. The number of ether oxygens (including phenoxy) is 6. The molecule has 27 heavy (non-hydrogen) atoms. The van der Waals surface area contributed by atoms with Crippen molar-refractivity contribution in [2.75, 3.05) is 28.1 Å². The zero-order chi connectivity index (χ0) is 19.4. The summed E-state index contributed by atoms with van der Waals surface area (Å²) in [5.74, 6) is 2.05. The minimum absolute atomic E-state index is 0.0506. The Morgan fingerprint density at radius 2 is 1.70 bits per heavy atom. The summed E-state index contributed by atoms with van der Waals surface area (Å²) in [6.07, 6.45) is 0.0506. The van der Waals surface area contributed by atoms with Gasteiger partial charge in [-0.3, -0.25) is 4.79 Å². The molecule has 0 N–H and O–H groups in total. The highest BCUT2D eigenvalue weighted by atomic mass is 35.5. The van der Waals surface area contributed by atoms with E-state index in [2.05, 4.69) is 0 Å². The molecule has 0 atom stereocenters. The molecule has 0 amide bonds. The molecule has 0 aromatic heterocycles. The Morgan fingerprint density at radius 1 is 1.00 bits per heavy atom. The molecule has 2 aromatic rings. The van der Waals surface area contributed by atoms with Crippen molar-refractivity contribution >= 4 is 17.6 Å². The minimum atomic E-state index is -0.405. The zero-order valence-corrected chi connectivity index (χ0v) is 15.9. The van der Waals surface area contributed by atoms with Crippen LogP contribution in [0.25, 0.3) is 0 Å². The number of rotatable bonds is 7. The number of halogens is 1. The SMILES string of the molecule is COc1cc(CC(=O)OCc2cc(Cl)c3c(c2)OCO3)cc(OC)c1OC. The van der Waals surface area contributed by atoms with E-state index in [1.165, 1.54) is 21.3 Å². The van der Waals surface area contributed by atoms with Gasteiger partial charge in [0, 0.05) is 0 Å². The third-order valence-electron chi connectivity index (χ3n) is 3.96. The molecule has 1 heterocycles. The first-order valence-corrected chi connectivity index (χ1v) is 8.46. The van der Waals surface area contributed by atoms with Crippen molar-refractivity contribution in [2.45, 2.75) is 13.0 Å². The molecule has 7 nitrogen and oxygen atoms in total. The van der Waals surface area contributed by atoms with Crippen molar-refractivity contribution in [1.29, 1.82) is 0 Å². The van der Waals surface area contributed by atoms with Crippen molar-refractivity contribution in [3.8, 4) is 28.7 Å². The summed E-state index contributed by atoms with van der Waals surface area (Å²) in [6.45, 7) is 0.193. The van der Waals surface area contributed by atoms with E-state index in [1.807, 2.05) is 0 Å². The second-order valence-corrected chi connectivity index (χ2v) is 6.09. The molecule has 0 saturated heterocycles. The molecule has 0 saturated carbocycles. The Bertz CT molecular complexity index is 825. The van der Waals surface area contributed by atoms with Crippen LogP contribution >= 0.6 is 11.6 Å². The predicted molar refractivity (Wildman–Crippen MR) is 97.2 cm³/mol. The predicted octanol–water partition coefficient (Wildman–Crippen LogP) is 3.38. The Kier molecular flexibility index (Phi) is 5.81. The van der Waals surface area contributed by atoms with Crippen molar-refractivity contribution in [3.63, 3.8) is 0 Å². The lowest BCUT2D eigenvalue weighted by Crippen LogP contribution is -2.09. The first-order valence-electron chi connectivity index (χ1n) is 8.08. The third-order valence-corrected chi connectivity index (χ3v) is 4.24. The molecule has 144 valence electrons. The number of methoxy groups -OCH3 is 3. The zero-order valence-electron chi connectivity index (χ0n) is 15.2. The number of benzene rings is 2. The van der Waals surface area contributed by atoms with E-state index in [-0.39, 0.29) is 19.8 Å². The summed E-state index contributed by atoms with van der Waals surface area (Å²) in [5, 5.41) is 0.417. The fraction of sp³-hybridized carbons (Fsp3) is 0.316. The summed E-state index contributed by atoms with van der Waals surface area (Å²) in [7, 11) is 4.55. The highest BCUT2D eigenvalue weighted by Gasteiger charge is 2.19. The molecule has 0 fully saturated rings. The van der Waals surface area contributed by atoms with Crippen LogP contribution in [0.3, 0.4) is 0 Å². The number of hydrogen-bond donors (Lipinski definition) is 0. The van der Waals surface area contributed by atoms with Gasteiger partial charge in [0.1, 0.15) is 6.61 Å². The summed E-state index contributed by atoms with van der Waals surface area (Å²) < 4.78 is 31.8. The third kappa shape index (κ3) is 4.14.